The second-order valence-electron chi connectivity index (χ2n) is 2.73. The zero-order valence-corrected chi connectivity index (χ0v) is 8.31. The van der Waals surface area contributed by atoms with E-state index in [2.05, 4.69) is 11.8 Å². The number of hydrogen-bond donors (Lipinski definition) is 2. The van der Waals surface area contributed by atoms with Gasteiger partial charge in [-0.15, -0.1) is 0 Å². The predicted molar refractivity (Wildman–Crippen MR) is 55.0 cm³/mol. The van der Waals surface area contributed by atoms with Gasteiger partial charge in [-0.2, -0.15) is 0 Å². The lowest BCUT2D eigenvalue weighted by molar-refractivity contribution is -0.135. The average molecular weight is 228 g/mol. The summed E-state index contributed by atoms with van der Waals surface area (Å²) in [6.07, 6.45) is -0.317. The van der Waals surface area contributed by atoms with Crippen LogP contribution in [-0.4, -0.2) is 11.1 Å². The van der Waals surface area contributed by atoms with E-state index < -0.39 is 11.8 Å². The number of nitrogens with two attached hydrogens (primary N) is 1. The maximum Gasteiger partial charge on any atom is 0.315 e. The molecule has 78 valence electrons. The minimum absolute atomic E-state index is 0.0659. The first-order valence-corrected chi connectivity index (χ1v) is 4.33. The smallest absolute Gasteiger partial charge is 0.315 e. The van der Waals surface area contributed by atoms with Gasteiger partial charge in [-0.1, -0.05) is 23.4 Å². The number of carboxylic acid groups (broad SMARTS) is 1. The molecule has 3 nitrogen and oxygen atoms in total. The Bertz CT molecular complexity index is 462. The van der Waals surface area contributed by atoms with E-state index in [4.69, 9.17) is 22.4 Å². The molecule has 0 aliphatic carbocycles. The molecule has 0 heterocycles. The maximum atomic E-state index is 13.0. The Labute approximate surface area is 90.7 Å². The van der Waals surface area contributed by atoms with E-state index in [1.807, 2.05) is 0 Å². The van der Waals surface area contributed by atoms with Gasteiger partial charge >= 0.3 is 5.97 Å². The Hall–Kier alpha value is -1.73. The highest BCUT2D eigenvalue weighted by Crippen LogP contribution is 2.21. The highest BCUT2D eigenvalue weighted by molar-refractivity contribution is 6.32. The number of carboxylic acids is 1. The van der Waals surface area contributed by atoms with Gasteiger partial charge in [0.15, 0.2) is 0 Å². The molecular weight excluding hydrogens is 221 g/mol. The molecule has 0 aromatic heterocycles. The quantitative estimate of drug-likeness (QED) is 0.569. The topological polar surface area (TPSA) is 63.3 Å². The van der Waals surface area contributed by atoms with Crippen LogP contribution in [0.15, 0.2) is 12.1 Å². The molecule has 15 heavy (non-hydrogen) atoms. The molecule has 1 aromatic rings. The van der Waals surface area contributed by atoms with Gasteiger partial charge in [-0.25, -0.2) is 4.39 Å². The van der Waals surface area contributed by atoms with Crippen molar-refractivity contribution >= 4 is 23.3 Å². The molecule has 0 atom stereocenters. The summed E-state index contributed by atoms with van der Waals surface area (Å²) in [7, 11) is 0. The van der Waals surface area contributed by atoms with E-state index in [0.29, 0.717) is 0 Å². The van der Waals surface area contributed by atoms with Gasteiger partial charge < -0.3 is 10.8 Å². The van der Waals surface area contributed by atoms with E-state index in [-0.39, 0.29) is 22.7 Å². The summed E-state index contributed by atoms with van der Waals surface area (Å²) < 4.78 is 13.0. The maximum absolute atomic E-state index is 13.0. The molecule has 0 aliphatic heterocycles. The van der Waals surface area contributed by atoms with Gasteiger partial charge in [0, 0.05) is 5.56 Å². The summed E-state index contributed by atoms with van der Waals surface area (Å²) in [5, 5.41) is 8.53. The van der Waals surface area contributed by atoms with Crippen molar-refractivity contribution in [3.63, 3.8) is 0 Å². The van der Waals surface area contributed by atoms with Crippen molar-refractivity contribution in [2.45, 2.75) is 6.42 Å². The average Bonchev–Trinajstić information content (AvgIpc) is 2.13. The van der Waals surface area contributed by atoms with Crippen LogP contribution >= 0.6 is 11.6 Å². The van der Waals surface area contributed by atoms with Gasteiger partial charge in [0.1, 0.15) is 12.2 Å². The second-order valence-corrected chi connectivity index (χ2v) is 3.13. The predicted octanol–water partition coefficient (Wildman–Crippen LogP) is 1.89. The van der Waals surface area contributed by atoms with Crippen LogP contribution in [0.25, 0.3) is 0 Å². The zero-order valence-electron chi connectivity index (χ0n) is 7.55. The lowest BCUT2D eigenvalue weighted by atomic mass is 10.2. The fourth-order valence-electron chi connectivity index (χ4n) is 0.873. The molecule has 0 aliphatic rings. The summed E-state index contributed by atoms with van der Waals surface area (Å²) >= 11 is 5.72. The van der Waals surface area contributed by atoms with Gasteiger partial charge in [-0.05, 0) is 12.1 Å². The van der Waals surface area contributed by atoms with Crippen LogP contribution in [0, 0.1) is 17.7 Å². The molecule has 0 bridgehead atoms. The van der Waals surface area contributed by atoms with Crippen LogP contribution in [0.5, 0.6) is 0 Å². The van der Waals surface area contributed by atoms with E-state index in [1.165, 1.54) is 6.07 Å². The highest BCUT2D eigenvalue weighted by atomic mass is 35.5. The van der Waals surface area contributed by atoms with Crippen molar-refractivity contribution < 1.29 is 14.3 Å². The van der Waals surface area contributed by atoms with Crippen molar-refractivity contribution in [1.29, 1.82) is 0 Å². The van der Waals surface area contributed by atoms with E-state index in [0.717, 1.165) is 6.07 Å². The third kappa shape index (κ3) is 3.15. The van der Waals surface area contributed by atoms with Crippen LogP contribution in [0.4, 0.5) is 10.1 Å². The molecule has 0 fully saturated rings. The van der Waals surface area contributed by atoms with E-state index in [9.17, 15) is 9.18 Å². The van der Waals surface area contributed by atoms with Crippen LogP contribution in [0.1, 0.15) is 12.0 Å². The van der Waals surface area contributed by atoms with Crippen LogP contribution < -0.4 is 5.73 Å². The van der Waals surface area contributed by atoms with E-state index >= 15 is 0 Å². The number of hydrogen-bond acceptors (Lipinski definition) is 2. The molecule has 0 radical (unpaired) electrons. The van der Waals surface area contributed by atoms with Crippen molar-refractivity contribution in [2.75, 3.05) is 5.73 Å². The number of halogens is 2. The molecule has 0 saturated heterocycles. The SMILES string of the molecule is Nc1cc(Cl)c(C#CCC(=O)O)cc1F. The zero-order chi connectivity index (χ0) is 11.4. The number of nitrogen functional groups attached to an aromatic ring is 1. The first-order valence-electron chi connectivity index (χ1n) is 3.96. The minimum atomic E-state index is -1.05. The number of carbonyl (C=O) groups is 1. The molecule has 0 amide bonds. The van der Waals surface area contributed by atoms with Crippen LogP contribution in [0.3, 0.4) is 0 Å². The monoisotopic (exact) mass is 227 g/mol. The van der Waals surface area contributed by atoms with Crippen molar-refractivity contribution in [1.82, 2.24) is 0 Å². The number of benzene rings is 1. The molecule has 0 saturated carbocycles. The third-order valence-corrected chi connectivity index (χ3v) is 1.86. The summed E-state index contributed by atoms with van der Waals surface area (Å²) in [5.41, 5.74) is 5.43. The van der Waals surface area contributed by atoms with Crippen molar-refractivity contribution in [3.8, 4) is 11.8 Å². The Morgan fingerprint density at radius 3 is 2.87 bits per heavy atom. The van der Waals surface area contributed by atoms with Crippen LogP contribution in [-0.2, 0) is 4.79 Å². The molecule has 3 N–H and O–H groups in total. The van der Waals surface area contributed by atoms with Crippen LogP contribution in [0.2, 0.25) is 5.02 Å². The largest absolute Gasteiger partial charge is 0.481 e. The Morgan fingerprint density at radius 2 is 2.27 bits per heavy atom. The second kappa shape index (κ2) is 4.67. The number of anilines is 1. The summed E-state index contributed by atoms with van der Waals surface area (Å²) in [5.74, 6) is 3.13. The fourth-order valence-corrected chi connectivity index (χ4v) is 1.09. The summed E-state index contributed by atoms with van der Waals surface area (Å²) in [6, 6.07) is 2.31. The van der Waals surface area contributed by atoms with Crippen molar-refractivity contribution in [2.24, 2.45) is 0 Å². The van der Waals surface area contributed by atoms with Gasteiger partial charge in [0.25, 0.3) is 0 Å². The molecule has 0 unspecified atom stereocenters. The molecule has 5 heteroatoms. The number of rotatable bonds is 1. The fraction of sp³-hybridized carbons (Fsp3) is 0.100. The first-order chi connectivity index (χ1) is 7.00. The minimum Gasteiger partial charge on any atom is -0.481 e. The molecule has 1 aromatic carbocycles. The van der Waals surface area contributed by atoms with Gasteiger partial charge in [0.05, 0.1) is 10.7 Å². The molecule has 0 spiro atoms. The first kappa shape index (κ1) is 11.3. The third-order valence-electron chi connectivity index (χ3n) is 1.55. The molecular formula is C10H7ClFNO2. The number of aliphatic carboxylic acids is 1. The Kier molecular flexibility index (Phi) is 3.53. The summed E-state index contributed by atoms with van der Waals surface area (Å²) in [6.45, 7) is 0. The highest BCUT2D eigenvalue weighted by Gasteiger charge is 2.03. The normalized spacial score (nSPS) is 9.20. The Morgan fingerprint density at radius 1 is 1.60 bits per heavy atom. The van der Waals surface area contributed by atoms with Gasteiger partial charge in [0.2, 0.25) is 0 Å². The van der Waals surface area contributed by atoms with E-state index in [1.54, 1.807) is 0 Å². The lowest BCUT2D eigenvalue weighted by Crippen LogP contribution is -1.93. The standard InChI is InChI=1S/C10H7ClFNO2/c11-7-5-9(13)8(12)4-6(7)2-1-3-10(14)15/h4-5H,3,13H2,(H,14,15). The molecule has 1 rings (SSSR count). The lowest BCUT2D eigenvalue weighted by Gasteiger charge is -1.99. The Balaban J connectivity index is 2.98. The summed E-state index contributed by atoms with van der Waals surface area (Å²) in [4.78, 5) is 10.2. The van der Waals surface area contributed by atoms with Crippen molar-refractivity contribution in [3.05, 3.63) is 28.5 Å². The van der Waals surface area contributed by atoms with Gasteiger partial charge in [-0.3, -0.25) is 4.79 Å².